The Morgan fingerprint density at radius 2 is 2.00 bits per heavy atom. The summed E-state index contributed by atoms with van der Waals surface area (Å²) in [6, 6.07) is 3.21. The van der Waals surface area contributed by atoms with E-state index in [-0.39, 0.29) is 30.3 Å². The van der Waals surface area contributed by atoms with Gasteiger partial charge in [0.25, 0.3) is 0 Å². The molecular formula is C19H23F2N3O2. The Kier molecular flexibility index (Phi) is 7.03. The van der Waals surface area contributed by atoms with Crippen LogP contribution in [-0.2, 0) is 16.1 Å². The molecule has 1 aromatic rings. The Bertz CT molecular complexity index is 683. The predicted octanol–water partition coefficient (Wildman–Crippen LogP) is 1.86. The van der Waals surface area contributed by atoms with Crippen molar-refractivity contribution in [3.8, 4) is 0 Å². The molecular weight excluding hydrogens is 340 g/mol. The summed E-state index contributed by atoms with van der Waals surface area (Å²) in [6.45, 7) is 8.82. The average Bonchev–Trinajstić information content (AvgIpc) is 2.61. The number of hydrogen-bond donors (Lipinski definition) is 1. The van der Waals surface area contributed by atoms with E-state index in [9.17, 15) is 18.4 Å². The fourth-order valence-electron chi connectivity index (χ4n) is 2.95. The summed E-state index contributed by atoms with van der Waals surface area (Å²) in [5.41, 5.74) is 0.159. The smallest absolute Gasteiger partial charge is 0.237 e. The van der Waals surface area contributed by atoms with Crippen LogP contribution in [0.5, 0.6) is 0 Å². The van der Waals surface area contributed by atoms with Crippen LogP contribution in [0, 0.1) is 11.6 Å². The van der Waals surface area contributed by atoms with E-state index < -0.39 is 17.7 Å². The quantitative estimate of drug-likeness (QED) is 0.718. The van der Waals surface area contributed by atoms with Gasteiger partial charge >= 0.3 is 0 Å². The fraction of sp³-hybridized carbons (Fsp3) is 0.368. The van der Waals surface area contributed by atoms with Gasteiger partial charge in [-0.05, 0) is 6.07 Å². The molecule has 2 amide bonds. The van der Waals surface area contributed by atoms with Gasteiger partial charge in [0, 0.05) is 38.3 Å². The third-order valence-corrected chi connectivity index (χ3v) is 4.27. The van der Waals surface area contributed by atoms with Crippen LogP contribution in [0.15, 0.2) is 43.5 Å². The Morgan fingerprint density at radius 1 is 1.31 bits per heavy atom. The Morgan fingerprint density at radius 3 is 2.65 bits per heavy atom. The molecule has 1 heterocycles. The summed E-state index contributed by atoms with van der Waals surface area (Å²) in [7, 11) is 0. The lowest BCUT2D eigenvalue weighted by molar-refractivity contribution is -0.138. The van der Waals surface area contributed by atoms with Crippen LogP contribution < -0.4 is 5.32 Å². The summed E-state index contributed by atoms with van der Waals surface area (Å²) in [5.74, 6) is -2.38. The van der Waals surface area contributed by atoms with Crippen LogP contribution in [0.1, 0.15) is 12.0 Å². The molecule has 5 nitrogen and oxygen atoms in total. The summed E-state index contributed by atoms with van der Waals surface area (Å²) >= 11 is 0. The zero-order valence-electron chi connectivity index (χ0n) is 14.6. The number of carbonyl (C=O) groups excluding carboxylic acids is 2. The number of piperazine rings is 1. The molecule has 1 fully saturated rings. The van der Waals surface area contributed by atoms with Crippen LogP contribution >= 0.6 is 0 Å². The monoisotopic (exact) mass is 363 g/mol. The second kappa shape index (κ2) is 9.24. The van der Waals surface area contributed by atoms with Gasteiger partial charge in [0.2, 0.25) is 11.8 Å². The van der Waals surface area contributed by atoms with E-state index in [1.54, 1.807) is 17.1 Å². The highest BCUT2D eigenvalue weighted by molar-refractivity contribution is 5.89. The maximum atomic E-state index is 14.0. The minimum Gasteiger partial charge on any atom is -0.353 e. The van der Waals surface area contributed by atoms with Gasteiger partial charge < -0.3 is 10.2 Å². The molecule has 1 aromatic carbocycles. The van der Waals surface area contributed by atoms with Crippen molar-refractivity contribution in [3.63, 3.8) is 0 Å². The molecule has 140 valence electrons. The van der Waals surface area contributed by atoms with Crippen LogP contribution in [0.3, 0.4) is 0 Å². The van der Waals surface area contributed by atoms with Crippen LogP contribution in [0.25, 0.3) is 0 Å². The van der Waals surface area contributed by atoms with E-state index in [1.165, 1.54) is 17.0 Å². The highest BCUT2D eigenvalue weighted by atomic mass is 19.2. The maximum absolute atomic E-state index is 14.0. The maximum Gasteiger partial charge on any atom is 0.237 e. The molecule has 0 aliphatic carbocycles. The van der Waals surface area contributed by atoms with Crippen molar-refractivity contribution in [2.75, 3.05) is 26.2 Å². The highest BCUT2D eigenvalue weighted by Gasteiger charge is 2.33. The largest absolute Gasteiger partial charge is 0.353 e. The number of rotatable bonds is 8. The van der Waals surface area contributed by atoms with Gasteiger partial charge in [0.05, 0.1) is 12.5 Å². The van der Waals surface area contributed by atoms with Crippen LogP contribution in [-0.4, -0.2) is 53.8 Å². The van der Waals surface area contributed by atoms with E-state index >= 15 is 0 Å². The number of nitrogens with one attached hydrogen (secondary N) is 1. The van der Waals surface area contributed by atoms with Gasteiger partial charge in [0.15, 0.2) is 11.6 Å². The minimum atomic E-state index is -0.931. The van der Waals surface area contributed by atoms with Crippen molar-refractivity contribution in [1.82, 2.24) is 15.1 Å². The third kappa shape index (κ3) is 4.76. The molecule has 0 radical (unpaired) electrons. The Hall–Kier alpha value is -2.54. The Balaban J connectivity index is 2.15. The van der Waals surface area contributed by atoms with E-state index in [4.69, 9.17) is 0 Å². The van der Waals surface area contributed by atoms with Gasteiger partial charge in [0.1, 0.15) is 0 Å². The van der Waals surface area contributed by atoms with Crippen molar-refractivity contribution in [2.24, 2.45) is 0 Å². The molecule has 1 N–H and O–H groups in total. The lowest BCUT2D eigenvalue weighted by Crippen LogP contribution is -2.56. The molecule has 1 aliphatic heterocycles. The van der Waals surface area contributed by atoms with Gasteiger partial charge in [-0.25, -0.2) is 8.78 Å². The van der Waals surface area contributed by atoms with Crippen molar-refractivity contribution in [1.29, 1.82) is 0 Å². The molecule has 26 heavy (non-hydrogen) atoms. The molecule has 2 rings (SSSR count). The first kappa shape index (κ1) is 19.8. The van der Waals surface area contributed by atoms with E-state index in [0.29, 0.717) is 26.2 Å². The van der Waals surface area contributed by atoms with Crippen molar-refractivity contribution >= 4 is 11.8 Å². The minimum absolute atomic E-state index is 0.0511. The number of benzene rings is 1. The second-order valence-electron chi connectivity index (χ2n) is 6.07. The van der Waals surface area contributed by atoms with E-state index in [2.05, 4.69) is 18.5 Å². The number of halogens is 2. The number of amides is 2. The first-order valence-electron chi connectivity index (χ1n) is 8.42. The van der Waals surface area contributed by atoms with Gasteiger partial charge in [-0.15, -0.1) is 13.2 Å². The Labute approximate surface area is 152 Å². The van der Waals surface area contributed by atoms with Crippen molar-refractivity contribution < 1.29 is 18.4 Å². The lowest BCUT2D eigenvalue weighted by atomic mass is 10.1. The summed E-state index contributed by atoms with van der Waals surface area (Å²) in [6.07, 6.45) is 3.15. The molecule has 0 aromatic heterocycles. The summed E-state index contributed by atoms with van der Waals surface area (Å²) in [5, 5.41) is 2.72. The first-order valence-corrected chi connectivity index (χ1v) is 8.42. The molecule has 7 heteroatoms. The van der Waals surface area contributed by atoms with E-state index in [0.717, 1.165) is 6.07 Å². The molecule has 1 aliphatic rings. The number of nitrogens with zero attached hydrogens (tertiary/aromatic N) is 2. The average molecular weight is 363 g/mol. The molecule has 0 spiro atoms. The predicted molar refractivity (Wildman–Crippen MR) is 95.2 cm³/mol. The first-order chi connectivity index (χ1) is 12.5. The normalized spacial score (nSPS) is 17.5. The third-order valence-electron chi connectivity index (χ3n) is 4.27. The molecule has 1 atom stereocenters. The van der Waals surface area contributed by atoms with Crippen molar-refractivity contribution in [3.05, 3.63) is 60.7 Å². The van der Waals surface area contributed by atoms with Crippen molar-refractivity contribution in [2.45, 2.75) is 19.0 Å². The molecule has 0 bridgehead atoms. The number of carbonyl (C=O) groups is 2. The lowest BCUT2D eigenvalue weighted by Gasteiger charge is -2.35. The van der Waals surface area contributed by atoms with E-state index in [1.807, 2.05) is 0 Å². The topological polar surface area (TPSA) is 52.7 Å². The zero-order valence-corrected chi connectivity index (χ0v) is 14.6. The summed E-state index contributed by atoms with van der Waals surface area (Å²) < 4.78 is 27.4. The van der Waals surface area contributed by atoms with Gasteiger partial charge in [-0.3, -0.25) is 14.5 Å². The van der Waals surface area contributed by atoms with Gasteiger partial charge in [-0.1, -0.05) is 24.3 Å². The standard InChI is InChI=1S/C19H23F2N3O2/c1-3-9-23(10-4-2)17(25)12-16-19(26)22-8-11-24(16)13-14-6-5-7-15(20)18(14)21/h3-7,16H,1-2,8-13H2,(H,22,26). The number of hydrogen-bond acceptors (Lipinski definition) is 3. The molecule has 0 saturated carbocycles. The zero-order chi connectivity index (χ0) is 19.1. The molecule has 1 unspecified atom stereocenters. The van der Waals surface area contributed by atoms with Crippen LogP contribution in [0.2, 0.25) is 0 Å². The highest BCUT2D eigenvalue weighted by Crippen LogP contribution is 2.18. The van der Waals surface area contributed by atoms with Crippen LogP contribution in [0.4, 0.5) is 8.78 Å². The van der Waals surface area contributed by atoms with Gasteiger partial charge in [-0.2, -0.15) is 0 Å². The fourth-order valence-corrected chi connectivity index (χ4v) is 2.95. The summed E-state index contributed by atoms with van der Waals surface area (Å²) in [4.78, 5) is 28.1. The molecule has 1 saturated heterocycles. The SMILES string of the molecule is C=CCN(CC=C)C(=O)CC1C(=O)NCCN1Cc1cccc(F)c1F. The second-order valence-corrected chi connectivity index (χ2v) is 6.07.